The van der Waals surface area contributed by atoms with Crippen molar-refractivity contribution in [1.29, 1.82) is 0 Å². The molecule has 0 saturated heterocycles. The van der Waals surface area contributed by atoms with E-state index in [4.69, 9.17) is 0 Å². The van der Waals surface area contributed by atoms with Crippen LogP contribution in [0, 0.1) is 0 Å². The fraction of sp³-hybridized carbons (Fsp3) is 1.00. The first-order valence-corrected chi connectivity index (χ1v) is 6.16. The molecule has 0 heterocycles. The van der Waals surface area contributed by atoms with Gasteiger partial charge in [-0.3, -0.25) is 4.72 Å². The van der Waals surface area contributed by atoms with Gasteiger partial charge in [0.15, 0.2) is 0 Å². The molecule has 0 unspecified atom stereocenters. The fourth-order valence-corrected chi connectivity index (χ4v) is 1.68. The molecular formula is C11H25NS. The number of nitrogens with one attached hydrogen (secondary N) is 1. The zero-order valence-corrected chi connectivity index (χ0v) is 10.8. The Morgan fingerprint density at radius 2 is 1.38 bits per heavy atom. The van der Waals surface area contributed by atoms with Gasteiger partial charge in [0.25, 0.3) is 0 Å². The summed E-state index contributed by atoms with van der Waals surface area (Å²) in [5, 5.41) is 0. The first kappa shape index (κ1) is 13.3. The molecule has 0 bridgehead atoms. The summed E-state index contributed by atoms with van der Waals surface area (Å²) in [5.74, 6) is 0. The van der Waals surface area contributed by atoms with Crippen LogP contribution < -0.4 is 4.72 Å². The first-order valence-electron chi connectivity index (χ1n) is 5.34. The van der Waals surface area contributed by atoms with Crippen LogP contribution in [0.25, 0.3) is 0 Å². The average molecular weight is 203 g/mol. The summed E-state index contributed by atoms with van der Waals surface area (Å²) in [6, 6.07) is 0. The summed E-state index contributed by atoms with van der Waals surface area (Å²) >= 11 is 1.88. The molecule has 0 aromatic heterocycles. The average Bonchev–Trinajstić information content (AvgIpc) is 2.14. The van der Waals surface area contributed by atoms with Gasteiger partial charge in [-0.15, -0.1) is 0 Å². The van der Waals surface area contributed by atoms with Crippen LogP contribution in [0.5, 0.6) is 0 Å². The Labute approximate surface area is 88.2 Å². The lowest BCUT2D eigenvalue weighted by molar-refractivity contribution is 0.402. The Hall–Kier alpha value is 0.310. The minimum Gasteiger partial charge on any atom is -0.258 e. The molecule has 2 heteroatoms. The van der Waals surface area contributed by atoms with Gasteiger partial charge < -0.3 is 0 Å². The fourth-order valence-electron chi connectivity index (χ4n) is 0.728. The van der Waals surface area contributed by atoms with Crippen molar-refractivity contribution >= 4 is 11.9 Å². The minimum atomic E-state index is 0.303. The van der Waals surface area contributed by atoms with Crippen molar-refractivity contribution in [3.8, 4) is 0 Å². The van der Waals surface area contributed by atoms with Crippen LogP contribution in [0.2, 0.25) is 0 Å². The third-order valence-electron chi connectivity index (χ3n) is 2.99. The summed E-state index contributed by atoms with van der Waals surface area (Å²) < 4.78 is 3.96. The molecule has 0 rings (SSSR count). The molecule has 1 nitrogen and oxygen atoms in total. The van der Waals surface area contributed by atoms with Crippen molar-refractivity contribution in [3.05, 3.63) is 0 Å². The van der Waals surface area contributed by atoms with E-state index in [1.165, 1.54) is 19.3 Å². The van der Waals surface area contributed by atoms with E-state index in [1.807, 2.05) is 11.9 Å². The third-order valence-corrected chi connectivity index (χ3v) is 4.42. The highest BCUT2D eigenvalue weighted by atomic mass is 32.2. The lowest BCUT2D eigenvalue weighted by atomic mass is 9.98. The van der Waals surface area contributed by atoms with E-state index in [0.29, 0.717) is 10.3 Å². The van der Waals surface area contributed by atoms with Crippen LogP contribution in [0.3, 0.4) is 0 Å². The first-order chi connectivity index (χ1) is 5.89. The molecule has 1 N–H and O–H groups in total. The van der Waals surface area contributed by atoms with Crippen molar-refractivity contribution in [2.75, 3.05) is 0 Å². The second kappa shape index (κ2) is 5.26. The van der Waals surface area contributed by atoms with Crippen LogP contribution in [-0.4, -0.2) is 10.3 Å². The molecule has 0 aromatic carbocycles. The van der Waals surface area contributed by atoms with Gasteiger partial charge >= 0.3 is 0 Å². The van der Waals surface area contributed by atoms with Crippen LogP contribution in [0.1, 0.15) is 60.8 Å². The van der Waals surface area contributed by atoms with E-state index in [0.717, 1.165) is 0 Å². The molecule has 0 aromatic rings. The van der Waals surface area contributed by atoms with Crippen molar-refractivity contribution in [2.24, 2.45) is 0 Å². The highest BCUT2D eigenvalue weighted by Gasteiger charge is 2.23. The van der Waals surface area contributed by atoms with Crippen LogP contribution in [-0.2, 0) is 0 Å². The van der Waals surface area contributed by atoms with Gasteiger partial charge in [0.05, 0.1) is 0 Å². The Morgan fingerprint density at radius 1 is 0.923 bits per heavy atom. The van der Waals surface area contributed by atoms with Crippen molar-refractivity contribution < 1.29 is 0 Å². The van der Waals surface area contributed by atoms with Crippen LogP contribution in [0.4, 0.5) is 0 Å². The quantitative estimate of drug-likeness (QED) is 0.655. The molecule has 0 spiro atoms. The normalized spacial score (nSPS) is 13.4. The molecular weight excluding hydrogens is 178 g/mol. The maximum Gasteiger partial charge on any atom is 0.0249 e. The largest absolute Gasteiger partial charge is 0.258 e. The molecule has 80 valence electrons. The SMILES string of the molecule is CCC(C)(CC)NSC(C)(C)CC. The maximum atomic E-state index is 3.60. The molecule has 0 fully saturated rings. The molecule has 0 aliphatic rings. The van der Waals surface area contributed by atoms with Crippen molar-refractivity contribution in [1.82, 2.24) is 4.72 Å². The summed E-state index contributed by atoms with van der Waals surface area (Å²) in [7, 11) is 0. The van der Waals surface area contributed by atoms with Gasteiger partial charge in [-0.1, -0.05) is 32.7 Å². The molecule has 0 aliphatic carbocycles. The second-order valence-corrected chi connectivity index (χ2v) is 6.10. The standard InChI is InChI=1S/C11H25NS/c1-7-10(4,5)13-12-11(6,8-2)9-3/h12H,7-9H2,1-6H3. The third kappa shape index (κ3) is 4.92. The second-order valence-electron chi connectivity index (χ2n) is 4.59. The van der Waals surface area contributed by atoms with Gasteiger partial charge in [0.1, 0.15) is 0 Å². The van der Waals surface area contributed by atoms with Gasteiger partial charge in [-0.05, 0) is 40.0 Å². The van der Waals surface area contributed by atoms with Crippen molar-refractivity contribution in [3.63, 3.8) is 0 Å². The summed E-state index contributed by atoms with van der Waals surface area (Å²) in [4.78, 5) is 0. The molecule has 0 saturated carbocycles. The number of hydrogen-bond acceptors (Lipinski definition) is 2. The smallest absolute Gasteiger partial charge is 0.0249 e. The van der Waals surface area contributed by atoms with E-state index in [1.54, 1.807) is 0 Å². The van der Waals surface area contributed by atoms with Crippen LogP contribution in [0.15, 0.2) is 0 Å². The molecule has 0 amide bonds. The maximum absolute atomic E-state index is 3.60. The van der Waals surface area contributed by atoms with E-state index >= 15 is 0 Å². The van der Waals surface area contributed by atoms with E-state index in [9.17, 15) is 0 Å². The predicted molar refractivity (Wildman–Crippen MR) is 64.1 cm³/mol. The topological polar surface area (TPSA) is 12.0 Å². The molecule has 0 radical (unpaired) electrons. The lowest BCUT2D eigenvalue weighted by Crippen LogP contribution is -2.39. The van der Waals surface area contributed by atoms with Gasteiger partial charge in [0.2, 0.25) is 0 Å². The highest BCUT2D eigenvalue weighted by molar-refractivity contribution is 7.98. The summed E-state index contributed by atoms with van der Waals surface area (Å²) in [6.07, 6.45) is 3.58. The van der Waals surface area contributed by atoms with Crippen molar-refractivity contribution in [2.45, 2.75) is 71.1 Å². The van der Waals surface area contributed by atoms with Crippen LogP contribution >= 0.6 is 11.9 Å². The Kier molecular flexibility index (Phi) is 5.38. The predicted octanol–water partition coefficient (Wildman–Crippen LogP) is 3.99. The zero-order chi connectivity index (χ0) is 10.5. The zero-order valence-electron chi connectivity index (χ0n) is 10.0. The van der Waals surface area contributed by atoms with E-state index < -0.39 is 0 Å². The Bertz CT molecular complexity index is 139. The lowest BCUT2D eigenvalue weighted by Gasteiger charge is -2.32. The molecule has 0 atom stereocenters. The Morgan fingerprint density at radius 3 is 1.69 bits per heavy atom. The van der Waals surface area contributed by atoms with Gasteiger partial charge in [0, 0.05) is 10.3 Å². The number of rotatable bonds is 6. The van der Waals surface area contributed by atoms with Gasteiger partial charge in [-0.2, -0.15) is 0 Å². The molecule has 0 aliphatic heterocycles. The minimum absolute atomic E-state index is 0.303. The Balaban J connectivity index is 3.99. The summed E-state index contributed by atoms with van der Waals surface area (Å²) in [6.45, 7) is 13.6. The molecule has 13 heavy (non-hydrogen) atoms. The van der Waals surface area contributed by atoms with E-state index in [-0.39, 0.29) is 0 Å². The monoisotopic (exact) mass is 203 g/mol. The van der Waals surface area contributed by atoms with Gasteiger partial charge in [-0.25, -0.2) is 0 Å². The highest BCUT2D eigenvalue weighted by Crippen LogP contribution is 2.28. The number of hydrogen-bond donors (Lipinski definition) is 1. The van der Waals surface area contributed by atoms with E-state index in [2.05, 4.69) is 46.3 Å². The summed E-state index contributed by atoms with van der Waals surface area (Å²) in [5.41, 5.74) is 0.303.